The predicted octanol–water partition coefficient (Wildman–Crippen LogP) is 35.0. The van der Waals surface area contributed by atoms with E-state index in [1.165, 1.54) is 246 Å². The Bertz CT molecular complexity index is 8360. The van der Waals surface area contributed by atoms with Crippen LogP contribution in [0.3, 0.4) is 0 Å². The Morgan fingerprint density at radius 1 is 0.0806 bits per heavy atom. The van der Waals surface area contributed by atoms with Gasteiger partial charge in [0.25, 0.3) is 0 Å². The van der Waals surface area contributed by atoms with Gasteiger partial charge in [0.05, 0.1) is 0 Å². The summed E-state index contributed by atoms with van der Waals surface area (Å²) in [6, 6.07) is 175. The molecule has 0 saturated heterocycles. The van der Waals surface area contributed by atoms with E-state index in [1.807, 2.05) is 0 Å². The quantitative estimate of drug-likeness (QED) is 0.113. The molecule has 0 amide bonds. The number of hydrogen-bond donors (Lipinski definition) is 0. The Balaban J connectivity index is 0.833. The van der Waals surface area contributed by atoms with Gasteiger partial charge in [-0.3, -0.25) is 0 Å². The molecule has 0 unspecified atom stereocenters. The van der Waals surface area contributed by atoms with E-state index in [0.29, 0.717) is 0 Å². The molecule has 0 heteroatoms. The molecule has 0 fully saturated rings. The van der Waals surface area contributed by atoms with Gasteiger partial charge in [0.1, 0.15) is 0 Å². The van der Waals surface area contributed by atoms with E-state index >= 15 is 0 Å². The highest BCUT2D eigenvalue weighted by Gasteiger charge is 2.26. The lowest BCUT2D eigenvalue weighted by atomic mass is 9.81. The molecule has 0 aliphatic carbocycles. The van der Waals surface area contributed by atoms with Crippen molar-refractivity contribution in [2.45, 2.75) is 0 Å². The van der Waals surface area contributed by atoms with E-state index in [9.17, 15) is 0 Å². The third-order valence-corrected chi connectivity index (χ3v) is 26.7. The highest BCUT2D eigenvalue weighted by atomic mass is 14.3. The number of fused-ring (bicyclic) bond motifs is 25. The van der Waals surface area contributed by atoms with Gasteiger partial charge >= 0.3 is 0 Å². The number of hydrogen-bond acceptors (Lipinski definition) is 0. The summed E-state index contributed by atoms with van der Waals surface area (Å²) in [4.78, 5) is 0. The first kappa shape index (κ1) is 70.9. The van der Waals surface area contributed by atoms with Crippen LogP contribution >= 0.6 is 0 Å². The first-order valence-corrected chi connectivity index (χ1v) is 43.2. The summed E-state index contributed by atoms with van der Waals surface area (Å²) in [7, 11) is 0. The lowest BCUT2D eigenvalue weighted by Crippen LogP contribution is -1.95. The van der Waals surface area contributed by atoms with Crippen molar-refractivity contribution in [2.24, 2.45) is 0 Å². The lowest BCUT2D eigenvalue weighted by molar-refractivity contribution is 1.59. The van der Waals surface area contributed by atoms with Gasteiger partial charge in [-0.05, 0) is 329 Å². The second kappa shape index (κ2) is 28.8. The van der Waals surface area contributed by atoms with Crippen molar-refractivity contribution < 1.29 is 0 Å². The summed E-state index contributed by atoms with van der Waals surface area (Å²) in [5.74, 6) is 0. The molecule has 0 aromatic heterocycles. The zero-order valence-electron chi connectivity index (χ0n) is 67.9. The van der Waals surface area contributed by atoms with Gasteiger partial charge in [0, 0.05) is 0 Å². The van der Waals surface area contributed by atoms with Crippen molar-refractivity contribution in [3.05, 3.63) is 461 Å². The van der Waals surface area contributed by atoms with Gasteiger partial charge < -0.3 is 0 Å². The highest BCUT2D eigenvalue weighted by molar-refractivity contribution is 6.41. The van der Waals surface area contributed by atoms with Crippen molar-refractivity contribution >= 4 is 140 Å². The molecule has 25 aromatic rings. The molecule has 0 N–H and O–H groups in total. The van der Waals surface area contributed by atoms with Gasteiger partial charge in [0.15, 0.2) is 0 Å². The van der Waals surface area contributed by atoms with Gasteiger partial charge in [-0.2, -0.15) is 0 Å². The maximum Gasteiger partial charge on any atom is -0.00137 e. The van der Waals surface area contributed by atoms with Crippen LogP contribution in [-0.2, 0) is 0 Å². The summed E-state index contributed by atoms with van der Waals surface area (Å²) >= 11 is 0. The highest BCUT2D eigenvalue weighted by Crippen LogP contribution is 2.54. The molecular weight excluding hydrogens is 1490 g/mol. The van der Waals surface area contributed by atoms with Crippen molar-refractivity contribution in [3.63, 3.8) is 0 Å². The minimum absolute atomic E-state index is 1.13. The second-order valence-corrected chi connectivity index (χ2v) is 33.5. The van der Waals surface area contributed by atoms with Gasteiger partial charge in [-0.25, -0.2) is 0 Å². The van der Waals surface area contributed by atoms with Crippen LogP contribution in [0, 0.1) is 0 Å². The Hall–Kier alpha value is -16.1. The predicted molar refractivity (Wildman–Crippen MR) is 534 cm³/mol. The number of rotatable bonds is 11. The molecule has 25 aromatic carbocycles. The van der Waals surface area contributed by atoms with E-state index in [2.05, 4.69) is 461 Å². The normalized spacial score (nSPS) is 11.9. The second-order valence-electron chi connectivity index (χ2n) is 33.5. The number of benzene rings is 25. The van der Waals surface area contributed by atoms with Crippen molar-refractivity contribution in [1.29, 1.82) is 0 Å². The van der Waals surface area contributed by atoms with E-state index < -0.39 is 0 Å². The fourth-order valence-electron chi connectivity index (χ4n) is 21.0. The van der Waals surface area contributed by atoms with Gasteiger partial charge in [0.2, 0.25) is 0 Å². The summed E-state index contributed by atoms with van der Waals surface area (Å²) in [5, 5.41) is 31.5. The van der Waals surface area contributed by atoms with Crippen LogP contribution in [0.1, 0.15) is 0 Å². The van der Waals surface area contributed by atoms with Crippen LogP contribution in [-0.4, -0.2) is 0 Å². The van der Waals surface area contributed by atoms with Crippen LogP contribution in [0.25, 0.3) is 262 Å². The summed E-state index contributed by atoms with van der Waals surface area (Å²) in [6.45, 7) is 0. The molecule has 124 heavy (non-hydrogen) atoms. The molecule has 0 heterocycles. The van der Waals surface area contributed by atoms with Crippen LogP contribution in [0.2, 0.25) is 0 Å². The van der Waals surface area contributed by atoms with Crippen LogP contribution < -0.4 is 0 Å². The Labute approximate surface area is 718 Å². The van der Waals surface area contributed by atoms with Crippen molar-refractivity contribution in [2.75, 3.05) is 0 Å². The molecule has 0 aliphatic rings. The molecule has 0 radical (unpaired) electrons. The Morgan fingerprint density at radius 3 is 0.702 bits per heavy atom. The smallest absolute Gasteiger partial charge is 0.00137 e. The molecule has 0 nitrogen and oxygen atoms in total. The Morgan fingerprint density at radius 2 is 0.323 bits per heavy atom. The third kappa shape index (κ3) is 11.5. The van der Waals surface area contributed by atoms with Crippen LogP contribution in [0.4, 0.5) is 0 Å². The van der Waals surface area contributed by atoms with E-state index in [4.69, 9.17) is 0 Å². The largest absolute Gasteiger partial charge is 0.0622 e. The molecule has 0 saturated carbocycles. The minimum Gasteiger partial charge on any atom is -0.0622 e. The zero-order chi connectivity index (χ0) is 81.5. The van der Waals surface area contributed by atoms with Crippen LogP contribution in [0.15, 0.2) is 461 Å². The summed E-state index contributed by atoms with van der Waals surface area (Å²) < 4.78 is 0. The fraction of sp³-hybridized carbons (Fsp3) is 0. The summed E-state index contributed by atoms with van der Waals surface area (Å²) in [5.41, 5.74) is 25.9. The van der Waals surface area contributed by atoms with Crippen LogP contribution in [0.5, 0.6) is 0 Å². The molecule has 0 atom stereocenters. The first-order chi connectivity index (χ1) is 61.5. The monoisotopic (exact) mass is 1560 g/mol. The molecule has 0 bridgehead atoms. The summed E-state index contributed by atoms with van der Waals surface area (Å²) in [6.07, 6.45) is 0. The average Bonchev–Trinajstić information content (AvgIpc) is 0.708. The fourth-order valence-corrected chi connectivity index (χ4v) is 21.0. The third-order valence-electron chi connectivity index (χ3n) is 26.7. The van der Waals surface area contributed by atoms with Crippen molar-refractivity contribution in [3.8, 4) is 122 Å². The first-order valence-electron chi connectivity index (χ1n) is 43.2. The van der Waals surface area contributed by atoms with E-state index in [1.54, 1.807) is 0 Å². The van der Waals surface area contributed by atoms with Crippen molar-refractivity contribution in [1.82, 2.24) is 0 Å². The standard InChI is InChI=1S/C124H76/c1-6-28-77(29-7-1)85-53-58-91-75-116(123-108-64-61-83-51-56-89(100-43-22-19-40-97(100)80-34-12-4-13-35-80)73-112(83)119(108)103-46-24-26-48-105(103)121(123)114(91)69-85)94-66-93(110-71-87-38-16-17-45-102(87)118-107(110)63-60-82-50-55-88(72-111(82)118)99-42-21-18-39-96(99)79-32-10-3-11-33-79)67-95(68-94)117-76-92-59-54-86(78-30-8-2-9-31-78)70-115(92)122-106-49-27-25-47-104(106)120-109(124(117)122)65-62-84-52-57-90(74-113(84)120)101-44-23-20-41-98(101)81-36-14-5-15-37-81/h1-76H. The topological polar surface area (TPSA) is 0 Å². The van der Waals surface area contributed by atoms with E-state index in [0.717, 1.165) is 16.7 Å². The maximum atomic E-state index is 2.58. The minimum atomic E-state index is 1.13. The molecular formula is C124H76. The average molecular weight is 1570 g/mol. The molecule has 572 valence electrons. The van der Waals surface area contributed by atoms with Gasteiger partial charge in [-0.1, -0.05) is 394 Å². The molecule has 0 spiro atoms. The zero-order valence-corrected chi connectivity index (χ0v) is 67.9. The Kier molecular flexibility index (Phi) is 16.5. The lowest BCUT2D eigenvalue weighted by Gasteiger charge is -2.22. The maximum absolute atomic E-state index is 2.58. The molecule has 25 rings (SSSR count). The van der Waals surface area contributed by atoms with E-state index in [-0.39, 0.29) is 0 Å². The van der Waals surface area contributed by atoms with Gasteiger partial charge in [-0.15, -0.1) is 0 Å². The SMILES string of the molecule is c1ccc(-c2ccc3cc(-c4cc(-c5cc6ccccc6c6c5ccc5ccc(-c7ccccc7-c7ccccc7)cc56)cc(-c5cc6ccc(-c7ccccc7)cc6c6c7ccccc7c7c8cc(-c9ccccc9-c9ccccc9)ccc8ccc7c56)c4)c4c5ccc6ccc(-c7ccccc7-c7ccccc7)cc6c5c5ccccc5c4c3c2)cc1. The molecule has 0 aliphatic heterocycles.